The summed E-state index contributed by atoms with van der Waals surface area (Å²) in [5.41, 5.74) is 0.992. The molecule has 2 nitrogen and oxygen atoms in total. The Morgan fingerprint density at radius 3 is 2.47 bits per heavy atom. The number of hydrogen-bond acceptors (Lipinski definition) is 2. The second-order valence-corrected chi connectivity index (χ2v) is 5.69. The molecule has 2 heteroatoms. The first kappa shape index (κ1) is 14.4. The van der Waals surface area contributed by atoms with Gasteiger partial charge in [-0.15, -0.1) is 0 Å². The first-order valence-corrected chi connectivity index (χ1v) is 7.70. The second kappa shape index (κ2) is 7.54. The number of hydrogen-bond donors (Lipinski definition) is 1. The van der Waals surface area contributed by atoms with Gasteiger partial charge in [0.2, 0.25) is 0 Å². The monoisotopic (exact) mass is 262 g/mol. The van der Waals surface area contributed by atoms with Crippen LogP contribution in [0, 0.1) is 5.92 Å². The molecule has 0 saturated heterocycles. The highest BCUT2D eigenvalue weighted by Gasteiger charge is 2.14. The summed E-state index contributed by atoms with van der Waals surface area (Å²) in [4.78, 5) is 0. The van der Waals surface area contributed by atoms with Gasteiger partial charge in [-0.3, -0.25) is 0 Å². The van der Waals surface area contributed by atoms with E-state index in [4.69, 9.17) is 4.74 Å². The lowest BCUT2D eigenvalue weighted by Crippen LogP contribution is -2.15. The maximum Gasteiger partial charge on any atom is 0.119 e. The van der Waals surface area contributed by atoms with E-state index in [0.717, 1.165) is 36.7 Å². The van der Waals surface area contributed by atoms with Crippen LogP contribution in [0.1, 0.15) is 63.5 Å². The summed E-state index contributed by atoms with van der Waals surface area (Å²) in [6.07, 6.45) is 8.22. The van der Waals surface area contributed by atoms with Crippen molar-refractivity contribution in [3.63, 3.8) is 0 Å². The zero-order valence-electron chi connectivity index (χ0n) is 12.0. The maximum absolute atomic E-state index is 9.90. The summed E-state index contributed by atoms with van der Waals surface area (Å²) in [6, 6.07) is 7.93. The lowest BCUT2D eigenvalue weighted by atomic mass is 9.90. The summed E-state index contributed by atoms with van der Waals surface area (Å²) < 4.78 is 5.86. The van der Waals surface area contributed by atoms with Crippen molar-refractivity contribution in [2.45, 2.75) is 58.0 Å². The Bertz CT molecular complexity index is 352. The van der Waals surface area contributed by atoms with E-state index < -0.39 is 0 Å². The van der Waals surface area contributed by atoms with Crippen LogP contribution in [-0.2, 0) is 0 Å². The van der Waals surface area contributed by atoms with Gasteiger partial charge in [0.15, 0.2) is 0 Å². The normalized spacial score (nSPS) is 18.2. The van der Waals surface area contributed by atoms with E-state index in [0.29, 0.717) is 0 Å². The summed E-state index contributed by atoms with van der Waals surface area (Å²) in [5, 5.41) is 9.90. The fourth-order valence-corrected chi connectivity index (χ4v) is 2.79. The molecule has 1 fully saturated rings. The number of aliphatic hydroxyl groups is 1. The average Bonchev–Trinajstić information content (AvgIpc) is 2.47. The van der Waals surface area contributed by atoms with Crippen LogP contribution < -0.4 is 4.74 Å². The molecule has 106 valence electrons. The van der Waals surface area contributed by atoms with Crippen LogP contribution in [0.3, 0.4) is 0 Å². The molecule has 0 amide bonds. The van der Waals surface area contributed by atoms with Crippen LogP contribution in [0.15, 0.2) is 24.3 Å². The smallest absolute Gasteiger partial charge is 0.119 e. The zero-order valence-corrected chi connectivity index (χ0v) is 12.0. The molecule has 1 saturated carbocycles. The van der Waals surface area contributed by atoms with Crippen molar-refractivity contribution in [2.24, 2.45) is 5.92 Å². The van der Waals surface area contributed by atoms with Gasteiger partial charge in [-0.25, -0.2) is 0 Å². The van der Waals surface area contributed by atoms with E-state index in [9.17, 15) is 5.11 Å². The van der Waals surface area contributed by atoms with Crippen LogP contribution in [0.2, 0.25) is 0 Å². The van der Waals surface area contributed by atoms with E-state index in [1.807, 2.05) is 24.3 Å². The molecule has 0 aliphatic heterocycles. The second-order valence-electron chi connectivity index (χ2n) is 5.69. The van der Waals surface area contributed by atoms with Crippen molar-refractivity contribution >= 4 is 0 Å². The average molecular weight is 262 g/mol. The first-order chi connectivity index (χ1) is 9.29. The standard InChI is InChI=1S/C17H26O2/c1-2-6-17(18)15-9-11-16(12-10-15)19-13-14-7-4-3-5-8-14/h9-12,14,17-18H,2-8,13H2,1H3. The molecule has 2 rings (SSSR count). The third-order valence-electron chi connectivity index (χ3n) is 4.04. The van der Waals surface area contributed by atoms with Crippen LogP contribution in [-0.4, -0.2) is 11.7 Å². The Labute approximate surface area is 116 Å². The fraction of sp³-hybridized carbons (Fsp3) is 0.647. The summed E-state index contributed by atoms with van der Waals surface area (Å²) >= 11 is 0. The van der Waals surface area contributed by atoms with Gasteiger partial charge in [0.1, 0.15) is 5.75 Å². The van der Waals surface area contributed by atoms with Crippen molar-refractivity contribution in [3.8, 4) is 5.75 Å². The molecule has 0 bridgehead atoms. The highest BCUT2D eigenvalue weighted by Crippen LogP contribution is 2.25. The third-order valence-corrected chi connectivity index (χ3v) is 4.04. The SMILES string of the molecule is CCCC(O)c1ccc(OCC2CCCCC2)cc1. The van der Waals surface area contributed by atoms with E-state index in [1.54, 1.807) is 0 Å². The van der Waals surface area contributed by atoms with E-state index >= 15 is 0 Å². The van der Waals surface area contributed by atoms with Gasteiger partial charge in [0, 0.05) is 0 Å². The highest BCUT2D eigenvalue weighted by atomic mass is 16.5. The minimum absolute atomic E-state index is 0.336. The molecule has 0 spiro atoms. The van der Waals surface area contributed by atoms with Crippen molar-refractivity contribution < 1.29 is 9.84 Å². The van der Waals surface area contributed by atoms with Crippen molar-refractivity contribution in [3.05, 3.63) is 29.8 Å². The molecule has 1 atom stereocenters. The Morgan fingerprint density at radius 1 is 1.16 bits per heavy atom. The van der Waals surface area contributed by atoms with Crippen LogP contribution in [0.4, 0.5) is 0 Å². The summed E-state index contributed by atoms with van der Waals surface area (Å²) in [5.74, 6) is 1.66. The Kier molecular flexibility index (Phi) is 5.71. The van der Waals surface area contributed by atoms with Gasteiger partial charge in [-0.2, -0.15) is 0 Å². The van der Waals surface area contributed by atoms with Crippen LogP contribution in [0.5, 0.6) is 5.75 Å². The number of rotatable bonds is 6. The van der Waals surface area contributed by atoms with Gasteiger partial charge < -0.3 is 9.84 Å². The van der Waals surface area contributed by atoms with Gasteiger partial charge in [-0.1, -0.05) is 44.7 Å². The zero-order chi connectivity index (χ0) is 13.5. The molecule has 0 heterocycles. The van der Waals surface area contributed by atoms with E-state index in [2.05, 4.69) is 6.92 Å². The van der Waals surface area contributed by atoms with Crippen LogP contribution in [0.25, 0.3) is 0 Å². The molecule has 1 aromatic rings. The van der Waals surface area contributed by atoms with Crippen molar-refractivity contribution in [1.82, 2.24) is 0 Å². The van der Waals surface area contributed by atoms with Crippen molar-refractivity contribution in [2.75, 3.05) is 6.61 Å². The number of aliphatic hydroxyl groups excluding tert-OH is 1. The molecule has 0 radical (unpaired) electrons. The highest BCUT2D eigenvalue weighted by molar-refractivity contribution is 5.28. The maximum atomic E-state index is 9.90. The lowest BCUT2D eigenvalue weighted by Gasteiger charge is -2.21. The van der Waals surface area contributed by atoms with E-state index in [-0.39, 0.29) is 6.10 Å². The quantitative estimate of drug-likeness (QED) is 0.819. The predicted octanol–water partition coefficient (Wildman–Crippen LogP) is 4.48. The van der Waals surface area contributed by atoms with Gasteiger partial charge in [0.25, 0.3) is 0 Å². The predicted molar refractivity (Wildman–Crippen MR) is 78.4 cm³/mol. The minimum Gasteiger partial charge on any atom is -0.493 e. The Hall–Kier alpha value is -1.02. The number of benzene rings is 1. The molecule has 1 unspecified atom stereocenters. The van der Waals surface area contributed by atoms with Gasteiger partial charge >= 0.3 is 0 Å². The molecule has 19 heavy (non-hydrogen) atoms. The molecule has 1 aromatic carbocycles. The molecular formula is C17H26O2. The number of ether oxygens (including phenoxy) is 1. The fourth-order valence-electron chi connectivity index (χ4n) is 2.79. The molecule has 1 aliphatic carbocycles. The van der Waals surface area contributed by atoms with Gasteiger partial charge in [0.05, 0.1) is 12.7 Å². The third kappa shape index (κ3) is 4.54. The minimum atomic E-state index is -0.336. The topological polar surface area (TPSA) is 29.5 Å². The summed E-state index contributed by atoms with van der Waals surface area (Å²) in [6.45, 7) is 2.93. The molecule has 0 aromatic heterocycles. The Morgan fingerprint density at radius 2 is 1.84 bits per heavy atom. The van der Waals surface area contributed by atoms with Gasteiger partial charge in [-0.05, 0) is 42.9 Å². The molecule has 1 N–H and O–H groups in total. The molecular weight excluding hydrogens is 236 g/mol. The largest absolute Gasteiger partial charge is 0.493 e. The van der Waals surface area contributed by atoms with Crippen molar-refractivity contribution in [1.29, 1.82) is 0 Å². The summed E-state index contributed by atoms with van der Waals surface area (Å²) in [7, 11) is 0. The van der Waals surface area contributed by atoms with E-state index in [1.165, 1.54) is 32.1 Å². The van der Waals surface area contributed by atoms with Crippen LogP contribution >= 0.6 is 0 Å². The Balaban J connectivity index is 1.81. The molecule has 1 aliphatic rings. The first-order valence-electron chi connectivity index (χ1n) is 7.70. The lowest BCUT2D eigenvalue weighted by molar-refractivity contribution is 0.166.